The van der Waals surface area contributed by atoms with E-state index in [4.69, 9.17) is 16.3 Å². The average molecular weight is 439 g/mol. The highest BCUT2D eigenvalue weighted by atomic mass is 35.5. The van der Waals surface area contributed by atoms with Gasteiger partial charge in [-0.2, -0.15) is 0 Å². The lowest BCUT2D eigenvalue weighted by molar-refractivity contribution is -0.117. The van der Waals surface area contributed by atoms with Gasteiger partial charge < -0.3 is 10.1 Å². The molecular weight excluding hydrogens is 412 g/mol. The second-order valence-corrected chi connectivity index (χ2v) is 9.02. The van der Waals surface area contributed by atoms with E-state index >= 15 is 0 Å². The van der Waals surface area contributed by atoms with Gasteiger partial charge in [-0.3, -0.25) is 9.10 Å². The molecule has 29 heavy (non-hydrogen) atoms. The summed E-state index contributed by atoms with van der Waals surface area (Å²) in [4.78, 5) is 13.2. The fourth-order valence-electron chi connectivity index (χ4n) is 3.26. The monoisotopic (exact) mass is 438 g/mol. The molecule has 158 valence electrons. The fourth-order valence-corrected chi connectivity index (χ4v) is 4.72. The van der Waals surface area contributed by atoms with Crippen molar-refractivity contribution in [1.82, 2.24) is 0 Å². The van der Waals surface area contributed by atoms with Crippen molar-refractivity contribution in [3.05, 3.63) is 52.5 Å². The van der Waals surface area contributed by atoms with Gasteiger partial charge in [-0.15, -0.1) is 0 Å². The number of carbonyl (C=O) groups excluding carboxylic acids is 1. The molecule has 0 bridgehead atoms. The van der Waals surface area contributed by atoms with Gasteiger partial charge in [0.25, 0.3) is 0 Å². The summed E-state index contributed by atoms with van der Waals surface area (Å²) in [6.07, 6.45) is 2.11. The van der Waals surface area contributed by atoms with Crippen LogP contribution >= 0.6 is 11.6 Å². The molecule has 0 spiro atoms. The van der Waals surface area contributed by atoms with Crippen LogP contribution in [0.15, 0.2) is 36.4 Å². The van der Waals surface area contributed by atoms with Crippen LogP contribution in [0, 0.1) is 6.92 Å². The average Bonchev–Trinajstić information content (AvgIpc) is 2.66. The van der Waals surface area contributed by atoms with Crippen LogP contribution in [0.3, 0.4) is 0 Å². The van der Waals surface area contributed by atoms with Gasteiger partial charge in [-0.25, -0.2) is 8.42 Å². The fraction of sp³-hybridized carbons (Fsp3) is 0.381. The molecule has 1 N–H and O–H groups in total. The topological polar surface area (TPSA) is 75.7 Å². The Labute approximate surface area is 177 Å². The third-order valence-corrected chi connectivity index (χ3v) is 6.18. The minimum Gasteiger partial charge on any atom is -0.495 e. The van der Waals surface area contributed by atoms with Gasteiger partial charge in [-0.05, 0) is 49.1 Å². The number of halogens is 1. The van der Waals surface area contributed by atoms with Crippen LogP contribution < -0.4 is 14.4 Å². The van der Waals surface area contributed by atoms with Gasteiger partial charge in [0.1, 0.15) is 11.8 Å². The molecule has 2 aromatic rings. The van der Waals surface area contributed by atoms with Crippen LogP contribution in [-0.4, -0.2) is 33.7 Å². The zero-order valence-electron chi connectivity index (χ0n) is 17.3. The molecular formula is C21H27ClN2O4S. The van der Waals surface area contributed by atoms with E-state index in [1.807, 2.05) is 32.0 Å². The molecule has 0 heterocycles. The third kappa shape index (κ3) is 5.22. The van der Waals surface area contributed by atoms with E-state index in [0.717, 1.165) is 33.8 Å². The van der Waals surface area contributed by atoms with Crippen LogP contribution in [0.4, 0.5) is 11.4 Å². The largest absolute Gasteiger partial charge is 0.495 e. The molecule has 0 aliphatic heterocycles. The van der Waals surface area contributed by atoms with Crippen LogP contribution in [0.5, 0.6) is 5.75 Å². The number of hydrogen-bond donors (Lipinski definition) is 1. The first-order valence-electron chi connectivity index (χ1n) is 9.36. The summed E-state index contributed by atoms with van der Waals surface area (Å²) >= 11 is 6.19. The van der Waals surface area contributed by atoms with Crippen LogP contribution in [-0.2, 0) is 21.2 Å². The first-order chi connectivity index (χ1) is 13.6. The van der Waals surface area contributed by atoms with Crippen molar-refractivity contribution in [1.29, 1.82) is 0 Å². The molecule has 0 aromatic heterocycles. The van der Waals surface area contributed by atoms with Crippen molar-refractivity contribution in [2.45, 2.75) is 39.7 Å². The number of rotatable bonds is 8. The smallest absolute Gasteiger partial charge is 0.248 e. The highest BCUT2D eigenvalue weighted by molar-refractivity contribution is 7.92. The maximum atomic E-state index is 13.2. The van der Waals surface area contributed by atoms with Gasteiger partial charge in [0.2, 0.25) is 15.9 Å². The Hall–Kier alpha value is -2.25. The van der Waals surface area contributed by atoms with E-state index < -0.39 is 22.0 Å². The molecule has 0 fully saturated rings. The number of ether oxygens (including phenoxy) is 1. The quantitative estimate of drug-likeness (QED) is 0.662. The van der Waals surface area contributed by atoms with Gasteiger partial charge in [0.05, 0.1) is 24.1 Å². The lowest BCUT2D eigenvalue weighted by atomic mass is 10.0. The van der Waals surface area contributed by atoms with Gasteiger partial charge in [-0.1, -0.05) is 43.6 Å². The molecule has 0 saturated carbocycles. The van der Waals surface area contributed by atoms with Crippen molar-refractivity contribution in [3.63, 3.8) is 0 Å². The van der Waals surface area contributed by atoms with Crippen molar-refractivity contribution in [2.24, 2.45) is 0 Å². The van der Waals surface area contributed by atoms with E-state index in [-0.39, 0.29) is 11.4 Å². The summed E-state index contributed by atoms with van der Waals surface area (Å²) in [5.41, 5.74) is 2.94. The summed E-state index contributed by atoms with van der Waals surface area (Å²) in [5.74, 6) is 0.0303. The summed E-state index contributed by atoms with van der Waals surface area (Å²) in [5, 5.41) is 3.20. The van der Waals surface area contributed by atoms with Gasteiger partial charge in [0.15, 0.2) is 0 Å². The zero-order valence-corrected chi connectivity index (χ0v) is 18.9. The number of aryl methyl sites for hydroxylation is 2. The van der Waals surface area contributed by atoms with Crippen molar-refractivity contribution >= 4 is 38.9 Å². The number of methoxy groups -OCH3 is 1. The summed E-state index contributed by atoms with van der Waals surface area (Å²) in [6, 6.07) is 9.50. The first-order valence-corrected chi connectivity index (χ1v) is 11.6. The lowest BCUT2D eigenvalue weighted by Gasteiger charge is -2.30. The molecule has 0 saturated heterocycles. The number of carbonyl (C=O) groups is 1. The maximum absolute atomic E-state index is 13.2. The van der Waals surface area contributed by atoms with E-state index in [0.29, 0.717) is 11.4 Å². The van der Waals surface area contributed by atoms with Crippen LogP contribution in [0.25, 0.3) is 0 Å². The normalized spacial score (nSPS) is 12.3. The van der Waals surface area contributed by atoms with E-state index in [1.54, 1.807) is 19.1 Å². The minimum absolute atomic E-state index is 0.265. The number of nitrogens with zero attached hydrogens (tertiary/aromatic N) is 1. The Morgan fingerprint density at radius 2 is 1.93 bits per heavy atom. The van der Waals surface area contributed by atoms with Gasteiger partial charge in [0, 0.05) is 5.69 Å². The van der Waals surface area contributed by atoms with Gasteiger partial charge >= 0.3 is 0 Å². The van der Waals surface area contributed by atoms with Crippen LogP contribution in [0.2, 0.25) is 5.02 Å². The Kier molecular flexibility index (Phi) is 7.54. The highest BCUT2D eigenvalue weighted by Gasteiger charge is 2.32. The molecule has 6 nitrogen and oxygen atoms in total. The van der Waals surface area contributed by atoms with Crippen LogP contribution in [0.1, 0.15) is 31.4 Å². The Bertz CT molecular complexity index is 992. The second kappa shape index (κ2) is 9.50. The predicted molar refractivity (Wildman–Crippen MR) is 119 cm³/mol. The number of nitrogens with one attached hydrogen (secondary N) is 1. The van der Waals surface area contributed by atoms with E-state index in [1.165, 1.54) is 13.2 Å². The summed E-state index contributed by atoms with van der Waals surface area (Å²) in [7, 11) is -2.28. The molecule has 0 aliphatic carbocycles. The molecule has 0 aliphatic rings. The van der Waals surface area contributed by atoms with E-state index in [9.17, 15) is 13.2 Å². The van der Waals surface area contributed by atoms with E-state index in [2.05, 4.69) is 5.32 Å². The zero-order chi connectivity index (χ0) is 21.8. The number of amides is 1. The lowest BCUT2D eigenvalue weighted by Crippen LogP contribution is -2.47. The Balaban J connectivity index is 2.47. The number of benzene rings is 2. The number of sulfonamides is 1. The predicted octanol–water partition coefficient (Wildman–Crippen LogP) is 4.40. The molecule has 0 radical (unpaired) electrons. The Morgan fingerprint density at radius 3 is 2.45 bits per heavy atom. The summed E-state index contributed by atoms with van der Waals surface area (Å²) in [6.45, 7) is 5.68. The van der Waals surface area contributed by atoms with Crippen molar-refractivity contribution in [3.8, 4) is 5.75 Å². The maximum Gasteiger partial charge on any atom is 0.248 e. The third-order valence-electron chi connectivity index (χ3n) is 4.71. The van der Waals surface area contributed by atoms with Crippen molar-refractivity contribution in [2.75, 3.05) is 23.0 Å². The molecule has 1 atom stereocenters. The standard InChI is InChI=1S/C21H27ClN2O4S/c1-6-15-10-8-9-14(3)20(15)23-21(25)18(7-2)24(29(5,26)27)16-11-12-19(28-4)17(22)13-16/h8-13,18H,6-7H2,1-5H3,(H,23,25)/t18-/m1/s1. The number of hydrogen-bond acceptors (Lipinski definition) is 4. The number of anilines is 2. The Morgan fingerprint density at radius 1 is 1.24 bits per heavy atom. The summed E-state index contributed by atoms with van der Waals surface area (Å²) < 4.78 is 31.5. The molecule has 1 amide bonds. The molecule has 2 aromatic carbocycles. The molecule has 8 heteroatoms. The highest BCUT2D eigenvalue weighted by Crippen LogP contribution is 2.32. The first kappa shape index (κ1) is 23.0. The second-order valence-electron chi connectivity index (χ2n) is 6.75. The van der Waals surface area contributed by atoms with Crippen molar-refractivity contribution < 1.29 is 17.9 Å². The minimum atomic E-state index is -3.76. The molecule has 2 rings (SSSR count). The number of para-hydroxylation sites is 1. The molecule has 0 unspecified atom stereocenters. The SMILES string of the molecule is CCc1cccc(C)c1NC(=O)[C@@H](CC)N(c1ccc(OC)c(Cl)c1)S(C)(=O)=O.